The number of aromatic amines is 1. The van der Waals surface area contributed by atoms with Crippen LogP contribution in [0.1, 0.15) is 13.3 Å². The molecule has 0 atom stereocenters. The Bertz CT molecular complexity index is 781. The van der Waals surface area contributed by atoms with E-state index in [2.05, 4.69) is 15.5 Å². The summed E-state index contributed by atoms with van der Waals surface area (Å²) in [6.45, 7) is 1.89. The molecule has 20 heavy (non-hydrogen) atoms. The third-order valence-electron chi connectivity index (χ3n) is 3.23. The van der Waals surface area contributed by atoms with E-state index >= 15 is 0 Å². The number of sulfonamides is 1. The van der Waals surface area contributed by atoms with Gasteiger partial charge in [-0.2, -0.15) is 5.10 Å². The molecule has 0 radical (unpaired) electrons. The molecule has 0 bridgehead atoms. The van der Waals surface area contributed by atoms with E-state index in [4.69, 9.17) is 0 Å². The van der Waals surface area contributed by atoms with Crippen molar-refractivity contribution in [3.63, 3.8) is 0 Å². The molecule has 7 nitrogen and oxygen atoms in total. The number of nitrogens with zero attached hydrogens (tertiary/aromatic N) is 2. The van der Waals surface area contributed by atoms with Gasteiger partial charge in [0.15, 0.2) is 5.82 Å². The number of benzene rings is 1. The van der Waals surface area contributed by atoms with Crippen molar-refractivity contribution < 1.29 is 13.2 Å². The Morgan fingerprint density at radius 3 is 2.90 bits per heavy atom. The molecular formula is C12H14N4O3S. The van der Waals surface area contributed by atoms with Crippen molar-refractivity contribution in [2.45, 2.75) is 13.3 Å². The van der Waals surface area contributed by atoms with E-state index in [1.165, 1.54) is 11.2 Å². The highest BCUT2D eigenvalue weighted by Crippen LogP contribution is 2.29. The number of hydrogen-bond donors (Lipinski definition) is 2. The van der Waals surface area contributed by atoms with Gasteiger partial charge in [-0.3, -0.25) is 14.2 Å². The third-order valence-corrected chi connectivity index (χ3v) is 5.10. The number of fused-ring (bicyclic) bond motifs is 1. The van der Waals surface area contributed by atoms with Crippen LogP contribution in [0.15, 0.2) is 18.2 Å². The topological polar surface area (TPSA) is 95.2 Å². The van der Waals surface area contributed by atoms with Crippen LogP contribution in [0.5, 0.6) is 0 Å². The van der Waals surface area contributed by atoms with Gasteiger partial charge >= 0.3 is 0 Å². The van der Waals surface area contributed by atoms with Gasteiger partial charge in [0.25, 0.3) is 0 Å². The number of anilines is 2. The first-order valence-corrected chi connectivity index (χ1v) is 7.84. The highest BCUT2D eigenvalue weighted by molar-refractivity contribution is 7.93. The Kier molecular flexibility index (Phi) is 2.89. The number of aromatic nitrogens is 2. The molecule has 2 N–H and O–H groups in total. The first-order chi connectivity index (χ1) is 9.47. The summed E-state index contributed by atoms with van der Waals surface area (Å²) in [7, 11) is -3.21. The number of carbonyl (C=O) groups excluding carboxylic acids is 1. The predicted octanol–water partition coefficient (Wildman–Crippen LogP) is 1.06. The third kappa shape index (κ3) is 2.11. The summed E-state index contributed by atoms with van der Waals surface area (Å²) in [5.74, 6) is 0.359. The largest absolute Gasteiger partial charge is 0.309 e. The van der Waals surface area contributed by atoms with E-state index in [9.17, 15) is 13.2 Å². The lowest BCUT2D eigenvalue weighted by Crippen LogP contribution is -2.24. The first-order valence-electron chi connectivity index (χ1n) is 6.23. The molecule has 1 aromatic carbocycles. The smallest absolute Gasteiger partial charge is 0.235 e. The van der Waals surface area contributed by atoms with Gasteiger partial charge in [-0.15, -0.1) is 0 Å². The fourth-order valence-corrected chi connectivity index (χ4v) is 3.91. The number of rotatable bonds is 2. The molecule has 1 amide bonds. The molecule has 1 fully saturated rings. The standard InChI is InChI=1S/C12H14N4O3S/c1-8(17)13-12-10-7-9(3-4-11(10)14-15-12)16-5-2-6-20(16,18)19/h3-4,7H,2,5-6H2,1H3,(H2,13,14,15,17). The Labute approximate surface area is 116 Å². The maximum absolute atomic E-state index is 11.9. The summed E-state index contributed by atoms with van der Waals surface area (Å²) >= 11 is 0. The zero-order valence-electron chi connectivity index (χ0n) is 10.9. The second-order valence-corrected chi connectivity index (χ2v) is 6.74. The molecule has 3 rings (SSSR count). The Morgan fingerprint density at radius 2 is 2.25 bits per heavy atom. The van der Waals surface area contributed by atoms with Crippen LogP contribution in [0.4, 0.5) is 11.5 Å². The van der Waals surface area contributed by atoms with Crippen molar-refractivity contribution in [2.24, 2.45) is 0 Å². The molecule has 8 heteroatoms. The summed E-state index contributed by atoms with van der Waals surface area (Å²) in [6.07, 6.45) is 0.629. The Morgan fingerprint density at radius 1 is 1.45 bits per heavy atom. The zero-order chi connectivity index (χ0) is 14.3. The lowest BCUT2D eigenvalue weighted by molar-refractivity contribution is -0.114. The fourth-order valence-electron chi connectivity index (χ4n) is 2.35. The van der Waals surface area contributed by atoms with Gasteiger partial charge in [-0.1, -0.05) is 0 Å². The monoisotopic (exact) mass is 294 g/mol. The zero-order valence-corrected chi connectivity index (χ0v) is 11.7. The highest BCUT2D eigenvalue weighted by atomic mass is 32.2. The van der Waals surface area contributed by atoms with Crippen molar-refractivity contribution in [1.29, 1.82) is 0 Å². The first kappa shape index (κ1) is 12.9. The number of nitrogens with one attached hydrogen (secondary N) is 2. The lowest BCUT2D eigenvalue weighted by Gasteiger charge is -2.16. The Hall–Kier alpha value is -2.09. The molecule has 1 saturated heterocycles. The van der Waals surface area contributed by atoms with Crippen molar-refractivity contribution >= 4 is 38.3 Å². The molecule has 1 aliphatic heterocycles. The Balaban J connectivity index is 2.07. The second-order valence-electron chi connectivity index (χ2n) is 4.72. The molecule has 0 saturated carbocycles. The van der Waals surface area contributed by atoms with Gasteiger partial charge in [0.2, 0.25) is 15.9 Å². The minimum Gasteiger partial charge on any atom is -0.309 e. The van der Waals surface area contributed by atoms with E-state index in [0.717, 1.165) is 5.52 Å². The summed E-state index contributed by atoms with van der Waals surface area (Å²) in [5.41, 5.74) is 1.34. The van der Waals surface area contributed by atoms with Crippen LogP contribution in [-0.4, -0.2) is 36.8 Å². The van der Waals surface area contributed by atoms with E-state index in [0.29, 0.717) is 29.9 Å². The van der Waals surface area contributed by atoms with Crippen molar-refractivity contribution in [3.8, 4) is 0 Å². The molecule has 106 valence electrons. The van der Waals surface area contributed by atoms with Gasteiger partial charge in [-0.05, 0) is 24.6 Å². The molecular weight excluding hydrogens is 280 g/mol. The molecule has 0 spiro atoms. The lowest BCUT2D eigenvalue weighted by atomic mass is 10.2. The molecule has 1 aromatic heterocycles. The second kappa shape index (κ2) is 4.48. The molecule has 2 aromatic rings. The number of H-pyrrole nitrogens is 1. The SMILES string of the molecule is CC(=O)Nc1n[nH]c2ccc(N3CCCS3(=O)=O)cc12. The van der Waals surface area contributed by atoms with E-state index in [1.807, 2.05) is 0 Å². The summed E-state index contributed by atoms with van der Waals surface area (Å²) in [5, 5.41) is 10.1. The van der Waals surface area contributed by atoms with Crippen LogP contribution < -0.4 is 9.62 Å². The van der Waals surface area contributed by atoms with E-state index < -0.39 is 10.0 Å². The quantitative estimate of drug-likeness (QED) is 0.865. The van der Waals surface area contributed by atoms with E-state index in [-0.39, 0.29) is 11.7 Å². The van der Waals surface area contributed by atoms with Crippen molar-refractivity contribution in [1.82, 2.24) is 10.2 Å². The maximum Gasteiger partial charge on any atom is 0.235 e. The molecule has 0 unspecified atom stereocenters. The van der Waals surface area contributed by atoms with Gasteiger partial charge < -0.3 is 5.32 Å². The van der Waals surface area contributed by atoms with Crippen LogP contribution >= 0.6 is 0 Å². The van der Waals surface area contributed by atoms with Gasteiger partial charge in [0.05, 0.1) is 17.0 Å². The van der Waals surface area contributed by atoms with Gasteiger partial charge in [-0.25, -0.2) is 8.42 Å². The van der Waals surface area contributed by atoms with Crippen molar-refractivity contribution in [3.05, 3.63) is 18.2 Å². The average molecular weight is 294 g/mol. The molecule has 1 aliphatic rings. The summed E-state index contributed by atoms with van der Waals surface area (Å²) in [4.78, 5) is 11.1. The normalized spacial score (nSPS) is 17.6. The summed E-state index contributed by atoms with van der Waals surface area (Å²) < 4.78 is 25.3. The number of carbonyl (C=O) groups is 1. The highest BCUT2D eigenvalue weighted by Gasteiger charge is 2.28. The number of hydrogen-bond acceptors (Lipinski definition) is 4. The predicted molar refractivity (Wildman–Crippen MR) is 76.1 cm³/mol. The van der Waals surface area contributed by atoms with Crippen LogP contribution in [0.2, 0.25) is 0 Å². The average Bonchev–Trinajstić information content (AvgIpc) is 2.92. The minimum atomic E-state index is -3.21. The molecule has 0 aliphatic carbocycles. The maximum atomic E-state index is 11.9. The fraction of sp³-hybridized carbons (Fsp3) is 0.333. The molecule has 2 heterocycles. The van der Waals surface area contributed by atoms with E-state index in [1.54, 1.807) is 18.2 Å². The van der Waals surface area contributed by atoms with Crippen molar-refractivity contribution in [2.75, 3.05) is 21.9 Å². The van der Waals surface area contributed by atoms with Crippen LogP contribution in [-0.2, 0) is 14.8 Å². The minimum absolute atomic E-state index is 0.176. The van der Waals surface area contributed by atoms with Crippen LogP contribution in [0.25, 0.3) is 10.9 Å². The van der Waals surface area contributed by atoms with Gasteiger partial charge in [0.1, 0.15) is 0 Å². The van der Waals surface area contributed by atoms with Crippen LogP contribution in [0.3, 0.4) is 0 Å². The van der Waals surface area contributed by atoms with Crippen LogP contribution in [0, 0.1) is 0 Å². The summed E-state index contributed by atoms with van der Waals surface area (Å²) in [6, 6.07) is 5.23. The van der Waals surface area contributed by atoms with Gasteiger partial charge in [0, 0.05) is 18.9 Å². The number of amides is 1.